The second kappa shape index (κ2) is 37.4. The predicted molar refractivity (Wildman–Crippen MR) is 451 cm³/mol. The minimum Gasteiger partial charge on any atom is -0.477 e. The molecule has 5 heterocycles. The zero-order chi connectivity index (χ0) is 79.6. The number of ether oxygens (including phenoxy) is 1. The van der Waals surface area contributed by atoms with E-state index in [1.165, 1.54) is 6.07 Å². The maximum atomic E-state index is 14.4. The van der Waals surface area contributed by atoms with E-state index in [-0.39, 0.29) is 89.4 Å². The van der Waals surface area contributed by atoms with Gasteiger partial charge in [0.15, 0.2) is 16.3 Å². The lowest BCUT2D eigenvalue weighted by molar-refractivity contribution is 0.0941. The molecule has 5 aromatic heterocycles. The van der Waals surface area contributed by atoms with Crippen molar-refractivity contribution >= 4 is 80.6 Å². The highest BCUT2D eigenvalue weighted by Gasteiger charge is 2.34. The number of hydrogen-bond acceptors (Lipinski definition) is 15. The molecule has 3 saturated carbocycles. The summed E-state index contributed by atoms with van der Waals surface area (Å²) >= 11 is 20.2. The van der Waals surface area contributed by atoms with Crippen LogP contribution in [-0.2, 0) is 26.2 Å². The normalized spacial score (nSPS) is 18.0. The summed E-state index contributed by atoms with van der Waals surface area (Å²) in [7, 11) is 8.61. The summed E-state index contributed by atoms with van der Waals surface area (Å²) in [5.41, 5.74) is 12.9. The number of H-pyrrole nitrogens is 2. The molecule has 0 aliphatic heterocycles. The van der Waals surface area contributed by atoms with Crippen LogP contribution in [0.4, 0.5) is 17.1 Å². The van der Waals surface area contributed by atoms with E-state index in [9.17, 15) is 28.8 Å². The fourth-order valence-electron chi connectivity index (χ4n) is 17.5. The lowest BCUT2D eigenvalue weighted by Crippen LogP contribution is -2.44. The standard InChI is InChI=1S/C87H113Cl3N14O7/c1-15-101(76-43-60(59-22-21-52(4)92-48-59)42-70(55(76)7)84(108)94-50-74-79(105)40-53(5)96-82(74)90)67-31-25-64(26-32-67)99(13)36-19-37-104-54(6)41-80(106)73(58(104)10)49-93-85(109)71-44-61(88)47-78(56(71)8)103(17-3)68-33-27-65(28-34-68)100(14)38-39-111-87-75(81(107)69-20-18-35-91-83(69)97-87)51-95-86(110)72-45-62(89)46-77(57(72)9)102(16-2)66-29-23-63(24-30-66)98(11)12/h18,20-22,35,40-48,63-68H,15-17,19,23-34,36-39,49-51H2,1-14H3,(H,93,109)(H,94,108)(H,95,110)(H,96,105)(H,91,97,107). The maximum absolute atomic E-state index is 14.4. The number of aryl methyl sites for hydroxylation is 3. The van der Waals surface area contributed by atoms with Crippen molar-refractivity contribution in [3.63, 3.8) is 0 Å². The van der Waals surface area contributed by atoms with Crippen molar-refractivity contribution in [2.75, 3.05) is 82.2 Å². The first-order chi connectivity index (χ1) is 53.2. The number of amides is 3. The number of nitrogens with zero attached hydrogens (tertiary/aromatic N) is 9. The fourth-order valence-corrected chi connectivity index (χ4v) is 18.3. The average Bonchev–Trinajstić information content (AvgIpc) is 0.797. The van der Waals surface area contributed by atoms with E-state index in [0.717, 1.165) is 165 Å². The number of nitrogens with one attached hydrogen (secondary N) is 5. The number of rotatable bonds is 30. The lowest BCUT2D eigenvalue weighted by atomic mass is 9.88. The maximum Gasteiger partial charge on any atom is 0.251 e. The SMILES string of the molecule is CCN(c1cc(-c2ccc(C)nc2)cc(C(=O)NCc2c(Cl)[nH]c(C)cc2=O)c1C)C1CCC(N(C)CCCn2c(C)cc(=O)c(CNC(=O)c3cc(Cl)cc(N(CC)C4CCC(N(C)CCOc5[nH]c6ncccc6c(=O)c5CNC(=O)c5cc(Cl)cc(N(CC)C6CCC(N(C)C)CC6)c5C)CC4)c3C)c2C)CC1. The molecule has 11 rings (SSSR count). The van der Waals surface area contributed by atoms with Crippen LogP contribution >= 0.6 is 34.8 Å². The summed E-state index contributed by atoms with van der Waals surface area (Å²) in [5, 5.41) is 10.7. The van der Waals surface area contributed by atoms with Crippen LogP contribution in [0.3, 0.4) is 0 Å². The van der Waals surface area contributed by atoms with Gasteiger partial charge in [-0.1, -0.05) is 40.9 Å². The van der Waals surface area contributed by atoms with Crippen LogP contribution in [0, 0.1) is 48.5 Å². The Labute approximate surface area is 669 Å². The van der Waals surface area contributed by atoms with Crippen molar-refractivity contribution in [2.45, 2.75) is 215 Å². The number of aromatic amines is 2. The summed E-state index contributed by atoms with van der Waals surface area (Å²) in [4.78, 5) is 113. The predicted octanol–water partition coefficient (Wildman–Crippen LogP) is 14.8. The summed E-state index contributed by atoms with van der Waals surface area (Å²) < 4.78 is 8.66. The topological polar surface area (TPSA) is 229 Å². The van der Waals surface area contributed by atoms with Crippen LogP contribution in [0.1, 0.15) is 191 Å². The molecule has 24 heteroatoms. The van der Waals surface area contributed by atoms with Crippen LogP contribution in [0.5, 0.6) is 5.88 Å². The van der Waals surface area contributed by atoms with Crippen molar-refractivity contribution in [1.29, 1.82) is 0 Å². The van der Waals surface area contributed by atoms with Gasteiger partial charge in [-0.15, -0.1) is 0 Å². The Morgan fingerprint density at radius 1 is 0.532 bits per heavy atom. The molecule has 0 radical (unpaired) electrons. The zero-order valence-corrected chi connectivity index (χ0v) is 69.6. The summed E-state index contributed by atoms with van der Waals surface area (Å²) in [6.45, 7) is 24.7. The largest absolute Gasteiger partial charge is 0.477 e. The highest BCUT2D eigenvalue weighted by Crippen LogP contribution is 2.39. The minimum atomic E-state index is -0.329. The quantitative estimate of drug-likeness (QED) is 0.0264. The van der Waals surface area contributed by atoms with E-state index in [1.54, 1.807) is 43.5 Å². The number of carbonyl (C=O) groups excluding carboxylic acids is 3. The van der Waals surface area contributed by atoms with Crippen LogP contribution in [-0.4, -0.2) is 161 Å². The van der Waals surface area contributed by atoms with Crippen LogP contribution in [0.25, 0.3) is 22.2 Å². The van der Waals surface area contributed by atoms with Gasteiger partial charge in [0, 0.05) is 184 Å². The van der Waals surface area contributed by atoms with Gasteiger partial charge >= 0.3 is 0 Å². The third-order valence-corrected chi connectivity index (χ3v) is 24.9. The Bertz CT molecular complexity index is 4840. The van der Waals surface area contributed by atoms with Crippen LogP contribution in [0.2, 0.25) is 15.2 Å². The van der Waals surface area contributed by atoms with E-state index >= 15 is 0 Å². The van der Waals surface area contributed by atoms with Gasteiger partial charge in [-0.3, -0.25) is 33.8 Å². The number of fused-ring (bicyclic) bond motifs is 1. The third-order valence-electron chi connectivity index (χ3n) is 24.1. The molecular formula is C87H113Cl3N14O7. The Kier molecular flexibility index (Phi) is 28.1. The van der Waals surface area contributed by atoms with E-state index in [1.807, 2.05) is 78.1 Å². The average molecular weight is 1570 g/mol. The molecule has 0 spiro atoms. The van der Waals surface area contributed by atoms with Crippen molar-refractivity contribution in [3.8, 4) is 17.0 Å². The molecule has 3 aliphatic rings. The molecule has 111 heavy (non-hydrogen) atoms. The molecule has 0 unspecified atom stereocenters. The highest BCUT2D eigenvalue weighted by molar-refractivity contribution is 6.32. The molecule has 3 aliphatic carbocycles. The minimum absolute atomic E-state index is 0.0156. The number of anilines is 3. The van der Waals surface area contributed by atoms with Crippen LogP contribution < -0.4 is 51.7 Å². The van der Waals surface area contributed by atoms with E-state index in [0.29, 0.717) is 97.9 Å². The third kappa shape index (κ3) is 19.4. The number of carbonyl (C=O) groups is 3. The van der Waals surface area contributed by atoms with Crippen molar-refractivity contribution < 1.29 is 19.1 Å². The van der Waals surface area contributed by atoms with Crippen molar-refractivity contribution in [2.24, 2.45) is 0 Å². The molecule has 594 valence electrons. The van der Waals surface area contributed by atoms with Crippen molar-refractivity contribution in [3.05, 3.63) is 204 Å². The molecule has 3 fully saturated rings. The second-order valence-electron chi connectivity index (χ2n) is 31.1. The number of aromatic nitrogens is 5. The Hall–Kier alpha value is -8.57. The van der Waals surface area contributed by atoms with Gasteiger partial charge in [-0.2, -0.15) is 0 Å². The molecule has 8 aromatic rings. The van der Waals surface area contributed by atoms with E-state index < -0.39 is 0 Å². The highest BCUT2D eigenvalue weighted by atomic mass is 35.5. The van der Waals surface area contributed by atoms with Gasteiger partial charge in [0.05, 0.1) is 23.1 Å². The summed E-state index contributed by atoms with van der Waals surface area (Å²) in [6, 6.07) is 24.1. The molecule has 5 N–H and O–H groups in total. The Morgan fingerprint density at radius 2 is 1.01 bits per heavy atom. The van der Waals surface area contributed by atoms with Gasteiger partial charge in [-0.25, -0.2) is 4.98 Å². The van der Waals surface area contributed by atoms with Crippen LogP contribution in [0.15, 0.2) is 99.6 Å². The van der Waals surface area contributed by atoms with Gasteiger partial charge < -0.3 is 64.6 Å². The lowest BCUT2D eigenvalue weighted by Gasteiger charge is -2.41. The van der Waals surface area contributed by atoms with Gasteiger partial charge in [0.25, 0.3) is 17.7 Å². The molecule has 0 bridgehead atoms. The summed E-state index contributed by atoms with van der Waals surface area (Å²) in [5.74, 6) is -0.645. The Morgan fingerprint density at radius 3 is 1.51 bits per heavy atom. The van der Waals surface area contributed by atoms with E-state index in [4.69, 9.17) is 39.5 Å². The molecule has 3 aromatic carbocycles. The van der Waals surface area contributed by atoms with Gasteiger partial charge in [0.2, 0.25) is 5.88 Å². The first kappa shape index (κ1) is 83.4. The smallest absolute Gasteiger partial charge is 0.251 e. The molecule has 0 atom stereocenters. The monoisotopic (exact) mass is 1570 g/mol. The second-order valence-corrected chi connectivity index (χ2v) is 32.4. The zero-order valence-electron chi connectivity index (χ0n) is 67.3. The Balaban J connectivity index is 0.667. The number of benzene rings is 3. The molecule has 21 nitrogen and oxygen atoms in total. The van der Waals surface area contributed by atoms with Crippen molar-refractivity contribution in [1.82, 2.24) is 55.2 Å². The number of likely N-dealkylation sites (N-methyl/N-ethyl adjacent to an activating group) is 1. The fraction of sp³-hybridized carbons (Fsp3) is 0.494. The van der Waals surface area contributed by atoms with Gasteiger partial charge in [-0.05, 0) is 264 Å². The molecule has 0 saturated heterocycles. The van der Waals surface area contributed by atoms with Gasteiger partial charge in [0.1, 0.15) is 17.4 Å². The number of pyridine rings is 5. The van der Waals surface area contributed by atoms with E-state index in [2.05, 4.69) is 125 Å². The first-order valence-electron chi connectivity index (χ1n) is 39.8. The number of hydrogen-bond donors (Lipinski definition) is 5. The molecule has 3 amide bonds. The molecular weight excluding hydrogens is 1460 g/mol. The number of halogens is 3. The summed E-state index contributed by atoms with van der Waals surface area (Å²) in [6.07, 6.45) is 16.3. The first-order valence-corrected chi connectivity index (χ1v) is 40.9.